The molecule has 1 saturated carbocycles. The predicted octanol–water partition coefficient (Wildman–Crippen LogP) is 9.58. The van der Waals surface area contributed by atoms with Crippen molar-refractivity contribution in [1.29, 1.82) is 0 Å². The maximum Gasteiger partial charge on any atom is 0.472 e. The fourth-order valence-corrected chi connectivity index (χ4v) is 7.59. The zero-order chi connectivity index (χ0) is 44.8. The van der Waals surface area contributed by atoms with Crippen molar-refractivity contribution in [3.8, 4) is 0 Å². The third-order valence-corrected chi connectivity index (χ3v) is 11.3. The lowest BCUT2D eigenvalue weighted by Crippen LogP contribution is -2.64. The Balaban J connectivity index is 2.33. The van der Waals surface area contributed by atoms with Crippen LogP contribution >= 0.6 is 7.82 Å². The molecule has 1 aliphatic carbocycles. The van der Waals surface area contributed by atoms with Gasteiger partial charge in [-0.05, 0) is 77.0 Å². The van der Waals surface area contributed by atoms with E-state index < -0.39 is 63.1 Å². The molecule has 352 valence electrons. The fourth-order valence-electron chi connectivity index (χ4n) is 6.62. The normalized spacial score (nSPS) is 22.8. The molecular weight excluding hydrogens is 799 g/mol. The van der Waals surface area contributed by atoms with E-state index >= 15 is 0 Å². The van der Waals surface area contributed by atoms with Crippen LogP contribution in [0.25, 0.3) is 0 Å². The number of phosphoric acid groups is 1. The maximum absolute atomic E-state index is 12.8. The summed E-state index contributed by atoms with van der Waals surface area (Å²) in [5.74, 6) is -0.496. The van der Waals surface area contributed by atoms with Gasteiger partial charge in [0.05, 0.1) is 13.2 Å². The molecule has 61 heavy (non-hydrogen) atoms. The summed E-state index contributed by atoms with van der Waals surface area (Å²) >= 11 is 0. The second-order valence-corrected chi connectivity index (χ2v) is 17.3. The quantitative estimate of drug-likeness (QED) is 0.0149. The van der Waals surface area contributed by atoms with Gasteiger partial charge in [0.2, 0.25) is 0 Å². The van der Waals surface area contributed by atoms with E-state index in [1.165, 1.54) is 25.7 Å². The highest BCUT2D eigenvalue weighted by molar-refractivity contribution is 7.47. The van der Waals surface area contributed by atoms with Crippen molar-refractivity contribution in [2.75, 3.05) is 19.8 Å². The second-order valence-electron chi connectivity index (χ2n) is 15.9. The molecule has 0 aromatic carbocycles. The van der Waals surface area contributed by atoms with E-state index in [0.717, 1.165) is 109 Å². The Morgan fingerprint density at radius 1 is 0.541 bits per heavy atom. The Morgan fingerprint density at radius 2 is 0.967 bits per heavy atom. The molecule has 1 rings (SSSR count). The molecule has 0 bridgehead atoms. The van der Waals surface area contributed by atoms with E-state index in [2.05, 4.69) is 86.8 Å². The summed E-state index contributed by atoms with van der Waals surface area (Å²) in [6.07, 6.45) is 37.0. The Kier molecular flexibility index (Phi) is 35.6. The van der Waals surface area contributed by atoms with Gasteiger partial charge in [-0.15, -0.1) is 0 Å². The van der Waals surface area contributed by atoms with Crippen LogP contribution in [0.15, 0.2) is 72.9 Å². The number of allylic oxidation sites excluding steroid dienone is 12. The fraction of sp³-hybridized carbons (Fsp3) is 0.729. The zero-order valence-corrected chi connectivity index (χ0v) is 38.3. The molecule has 0 radical (unpaired) electrons. The van der Waals surface area contributed by atoms with Crippen LogP contribution in [0.5, 0.6) is 0 Å². The van der Waals surface area contributed by atoms with E-state index in [-0.39, 0.29) is 13.0 Å². The Hall–Kier alpha value is -2.22. The van der Waals surface area contributed by atoms with Crippen molar-refractivity contribution in [3.05, 3.63) is 72.9 Å². The molecule has 1 aliphatic rings. The molecule has 13 heteroatoms. The molecular formula is C48H83O12P. The highest BCUT2D eigenvalue weighted by Crippen LogP contribution is 2.47. The third kappa shape index (κ3) is 30.5. The minimum atomic E-state index is -5.02. The van der Waals surface area contributed by atoms with E-state index in [9.17, 15) is 39.8 Å². The van der Waals surface area contributed by atoms with Gasteiger partial charge in [-0.2, -0.15) is 0 Å². The zero-order valence-electron chi connectivity index (χ0n) is 37.4. The van der Waals surface area contributed by atoms with Crippen molar-refractivity contribution >= 4 is 13.8 Å². The lowest BCUT2D eigenvalue weighted by molar-refractivity contribution is -0.220. The summed E-state index contributed by atoms with van der Waals surface area (Å²) in [5.41, 5.74) is 0. The predicted molar refractivity (Wildman–Crippen MR) is 244 cm³/mol. The first-order chi connectivity index (χ1) is 29.5. The summed E-state index contributed by atoms with van der Waals surface area (Å²) in [5, 5.41) is 50.1. The van der Waals surface area contributed by atoms with Crippen molar-refractivity contribution in [3.63, 3.8) is 0 Å². The molecule has 12 nitrogen and oxygen atoms in total. The number of phosphoric ester groups is 1. The number of ether oxygens (including phenoxy) is 2. The van der Waals surface area contributed by atoms with Gasteiger partial charge in [-0.3, -0.25) is 13.8 Å². The summed E-state index contributed by atoms with van der Waals surface area (Å²) in [6, 6.07) is 0. The number of rotatable bonds is 38. The molecule has 6 N–H and O–H groups in total. The topological polar surface area (TPSA) is 192 Å². The van der Waals surface area contributed by atoms with E-state index in [0.29, 0.717) is 13.0 Å². The standard InChI is InChI=1S/C48H83O12P/c1-3-5-7-9-11-13-15-16-17-18-19-20-21-22-23-24-25-26-27-28-30-32-34-36-38-57-39-41(59-42(49)37-35-33-31-29-14-12-10-8-6-4-2)40-58-61(55,56)60-48-46(53)44(51)43(50)45(52)47(48)54/h5,7-8,10-11,13,16-17,19-20,22-23,41,43-48,50-54H,3-4,6,9,12,14-15,18,21,24-40H2,1-2H3,(H,55,56)/b7-5-,10-8-,13-11-,17-16-,20-19-,23-22-. The number of carbonyl (C=O) groups excluding carboxylic acids is 1. The van der Waals surface area contributed by atoms with Crippen LogP contribution in [0.3, 0.4) is 0 Å². The number of aliphatic hydroxyl groups is 5. The van der Waals surface area contributed by atoms with Crippen LogP contribution in [0, 0.1) is 0 Å². The van der Waals surface area contributed by atoms with Gasteiger partial charge in [-0.25, -0.2) is 4.57 Å². The first kappa shape index (κ1) is 56.8. The van der Waals surface area contributed by atoms with Gasteiger partial charge in [0.25, 0.3) is 0 Å². The highest BCUT2D eigenvalue weighted by Gasteiger charge is 2.51. The molecule has 0 heterocycles. The largest absolute Gasteiger partial charge is 0.472 e. The van der Waals surface area contributed by atoms with Gasteiger partial charge in [0.15, 0.2) is 0 Å². The summed E-state index contributed by atoms with van der Waals surface area (Å²) in [7, 11) is -5.02. The van der Waals surface area contributed by atoms with Crippen LogP contribution in [0.4, 0.5) is 0 Å². The smallest absolute Gasteiger partial charge is 0.457 e. The van der Waals surface area contributed by atoms with E-state index in [4.69, 9.17) is 18.5 Å². The Bertz CT molecular complexity index is 1280. The van der Waals surface area contributed by atoms with Crippen molar-refractivity contribution in [1.82, 2.24) is 0 Å². The first-order valence-electron chi connectivity index (χ1n) is 23.3. The van der Waals surface area contributed by atoms with E-state index in [1.54, 1.807) is 0 Å². The van der Waals surface area contributed by atoms with Crippen molar-refractivity contribution in [2.24, 2.45) is 0 Å². The Labute approximate surface area is 368 Å². The van der Waals surface area contributed by atoms with E-state index in [1.807, 2.05) is 0 Å². The first-order valence-corrected chi connectivity index (χ1v) is 24.8. The van der Waals surface area contributed by atoms with Crippen LogP contribution in [-0.2, 0) is 27.9 Å². The minimum Gasteiger partial charge on any atom is -0.457 e. The number of esters is 1. The molecule has 0 spiro atoms. The van der Waals surface area contributed by atoms with Gasteiger partial charge in [-0.1, -0.05) is 151 Å². The van der Waals surface area contributed by atoms with Crippen LogP contribution in [-0.4, -0.2) is 98.9 Å². The number of carbonyl (C=O) groups is 1. The lowest BCUT2D eigenvalue weighted by atomic mass is 9.85. The average molecular weight is 883 g/mol. The highest BCUT2D eigenvalue weighted by atomic mass is 31.2. The number of hydrogen-bond donors (Lipinski definition) is 6. The Morgan fingerprint density at radius 3 is 1.49 bits per heavy atom. The van der Waals surface area contributed by atoms with Gasteiger partial charge in [0, 0.05) is 13.0 Å². The molecule has 0 aliphatic heterocycles. The molecule has 1 fully saturated rings. The SMILES string of the molecule is CC/C=C\C/C=C\C/C=C\C/C=C\C/C=C\CCCCCCCCCCOCC(COP(=O)(O)OC1C(O)C(O)C(O)C(O)C1O)OC(=O)CCCCCCC/C=C\CCC. The van der Waals surface area contributed by atoms with Crippen LogP contribution in [0.2, 0.25) is 0 Å². The monoisotopic (exact) mass is 883 g/mol. The van der Waals surface area contributed by atoms with Crippen molar-refractivity contribution < 1.29 is 58.3 Å². The summed E-state index contributed by atoms with van der Waals surface area (Å²) < 4.78 is 34.1. The molecule has 6 atom stereocenters. The van der Waals surface area contributed by atoms with Gasteiger partial charge >= 0.3 is 13.8 Å². The molecule has 0 saturated heterocycles. The second kappa shape index (κ2) is 38.3. The summed E-state index contributed by atoms with van der Waals surface area (Å²) in [6.45, 7) is 4.03. The van der Waals surface area contributed by atoms with Crippen LogP contribution in [0.1, 0.15) is 162 Å². The third-order valence-electron chi connectivity index (χ3n) is 10.3. The van der Waals surface area contributed by atoms with Gasteiger partial charge in [0.1, 0.15) is 42.7 Å². The molecule has 0 amide bonds. The molecule has 0 aromatic rings. The number of unbranched alkanes of at least 4 members (excludes halogenated alkanes) is 14. The van der Waals surface area contributed by atoms with Crippen LogP contribution < -0.4 is 0 Å². The minimum absolute atomic E-state index is 0.0898. The average Bonchev–Trinajstić information content (AvgIpc) is 3.24. The van der Waals surface area contributed by atoms with Gasteiger partial charge < -0.3 is 39.9 Å². The van der Waals surface area contributed by atoms with Crippen molar-refractivity contribution in [2.45, 2.75) is 204 Å². The molecule has 6 unspecified atom stereocenters. The summed E-state index contributed by atoms with van der Waals surface area (Å²) in [4.78, 5) is 23.1. The maximum atomic E-state index is 12.8. The lowest BCUT2D eigenvalue weighted by Gasteiger charge is -2.41. The molecule has 0 aromatic heterocycles. The number of aliphatic hydroxyl groups excluding tert-OH is 5. The number of hydrogen-bond acceptors (Lipinski definition) is 11.